The summed E-state index contributed by atoms with van der Waals surface area (Å²) in [5, 5.41) is 0. The summed E-state index contributed by atoms with van der Waals surface area (Å²) in [6.07, 6.45) is 3.47. The zero-order valence-corrected chi connectivity index (χ0v) is 9.48. The number of rotatable bonds is 0. The molecule has 0 spiro atoms. The van der Waals surface area contributed by atoms with Crippen molar-refractivity contribution in [2.75, 3.05) is 0 Å². The average molecular weight is 183 g/mol. The molecule has 1 saturated heterocycles. The second-order valence-electron chi connectivity index (χ2n) is 5.33. The molecule has 0 saturated carbocycles. The first kappa shape index (κ1) is 10.6. The number of nitrogens with zero attached hydrogens (tertiary/aromatic N) is 1. The molecule has 0 bridgehead atoms. The predicted molar refractivity (Wildman–Crippen MR) is 54.5 cm³/mol. The van der Waals surface area contributed by atoms with Crippen molar-refractivity contribution >= 4 is 5.91 Å². The lowest BCUT2D eigenvalue weighted by Crippen LogP contribution is -2.60. The number of carbonyl (C=O) groups is 1. The van der Waals surface area contributed by atoms with E-state index in [1.807, 2.05) is 4.90 Å². The van der Waals surface area contributed by atoms with Gasteiger partial charge < -0.3 is 4.90 Å². The molecule has 1 aliphatic rings. The maximum Gasteiger partial charge on any atom is 0.220 e. The van der Waals surface area contributed by atoms with Gasteiger partial charge in [-0.3, -0.25) is 4.79 Å². The molecule has 1 fully saturated rings. The summed E-state index contributed by atoms with van der Waals surface area (Å²) >= 11 is 0. The predicted octanol–water partition coefficient (Wildman–Crippen LogP) is 2.58. The van der Waals surface area contributed by atoms with E-state index in [1.54, 1.807) is 6.92 Å². The molecule has 0 aromatic heterocycles. The van der Waals surface area contributed by atoms with Crippen molar-refractivity contribution in [1.82, 2.24) is 4.90 Å². The second-order valence-corrected chi connectivity index (χ2v) is 5.33. The Morgan fingerprint density at radius 1 is 1.08 bits per heavy atom. The van der Waals surface area contributed by atoms with E-state index >= 15 is 0 Å². The van der Waals surface area contributed by atoms with Crippen molar-refractivity contribution in [3.05, 3.63) is 0 Å². The summed E-state index contributed by atoms with van der Waals surface area (Å²) in [5.41, 5.74) is 0.0706. The number of piperidine rings is 1. The zero-order valence-electron chi connectivity index (χ0n) is 9.48. The quantitative estimate of drug-likeness (QED) is 0.565. The molecule has 2 heteroatoms. The monoisotopic (exact) mass is 183 g/mol. The van der Waals surface area contributed by atoms with E-state index in [1.165, 1.54) is 6.42 Å². The van der Waals surface area contributed by atoms with Crippen molar-refractivity contribution in [2.24, 2.45) is 0 Å². The fraction of sp³-hybridized carbons (Fsp3) is 0.909. The van der Waals surface area contributed by atoms with Crippen LogP contribution in [0.5, 0.6) is 0 Å². The second kappa shape index (κ2) is 3.00. The molecule has 1 aliphatic heterocycles. The van der Waals surface area contributed by atoms with Crippen LogP contribution in [-0.2, 0) is 4.79 Å². The highest BCUT2D eigenvalue weighted by Gasteiger charge is 2.42. The van der Waals surface area contributed by atoms with Crippen LogP contribution in [-0.4, -0.2) is 21.9 Å². The third kappa shape index (κ3) is 1.87. The molecule has 0 aromatic rings. The lowest BCUT2D eigenvalue weighted by atomic mass is 9.80. The van der Waals surface area contributed by atoms with Crippen LogP contribution in [0.3, 0.4) is 0 Å². The van der Waals surface area contributed by atoms with Gasteiger partial charge in [0, 0.05) is 18.0 Å². The molecular weight excluding hydrogens is 162 g/mol. The van der Waals surface area contributed by atoms with E-state index in [-0.39, 0.29) is 17.0 Å². The van der Waals surface area contributed by atoms with E-state index in [0.717, 1.165) is 12.8 Å². The van der Waals surface area contributed by atoms with Crippen LogP contribution in [0.2, 0.25) is 0 Å². The van der Waals surface area contributed by atoms with Crippen LogP contribution in [0.1, 0.15) is 53.9 Å². The Morgan fingerprint density at radius 3 is 1.69 bits per heavy atom. The highest BCUT2D eigenvalue weighted by molar-refractivity contribution is 5.75. The molecule has 0 N–H and O–H groups in total. The van der Waals surface area contributed by atoms with Crippen LogP contribution < -0.4 is 0 Å². The van der Waals surface area contributed by atoms with E-state index in [0.29, 0.717) is 0 Å². The van der Waals surface area contributed by atoms with Crippen LogP contribution in [0.25, 0.3) is 0 Å². The molecule has 76 valence electrons. The van der Waals surface area contributed by atoms with Gasteiger partial charge >= 0.3 is 0 Å². The summed E-state index contributed by atoms with van der Waals surface area (Å²) in [4.78, 5) is 13.6. The maximum atomic E-state index is 11.6. The molecule has 13 heavy (non-hydrogen) atoms. The lowest BCUT2D eigenvalue weighted by molar-refractivity contribution is -0.146. The average Bonchev–Trinajstić information content (AvgIpc) is 1.79. The van der Waals surface area contributed by atoms with E-state index < -0.39 is 0 Å². The largest absolute Gasteiger partial charge is 0.333 e. The van der Waals surface area contributed by atoms with Gasteiger partial charge in [-0.25, -0.2) is 0 Å². The van der Waals surface area contributed by atoms with Gasteiger partial charge in [-0.15, -0.1) is 0 Å². The van der Waals surface area contributed by atoms with Gasteiger partial charge in [-0.05, 0) is 47.0 Å². The maximum absolute atomic E-state index is 11.6. The fourth-order valence-electron chi connectivity index (χ4n) is 2.85. The summed E-state index contributed by atoms with van der Waals surface area (Å²) in [6.45, 7) is 10.3. The zero-order chi connectivity index (χ0) is 10.3. The van der Waals surface area contributed by atoms with Crippen molar-refractivity contribution in [3.63, 3.8) is 0 Å². The molecule has 0 aromatic carbocycles. The SMILES string of the molecule is CC(=O)N1C(C)(C)CCCC1(C)C. The smallest absolute Gasteiger partial charge is 0.220 e. The number of hydrogen-bond acceptors (Lipinski definition) is 1. The van der Waals surface area contributed by atoms with Crippen LogP contribution in [0.15, 0.2) is 0 Å². The molecule has 0 atom stereocenters. The Balaban J connectivity index is 2.98. The minimum atomic E-state index is 0.0353. The van der Waals surface area contributed by atoms with Crippen molar-refractivity contribution in [1.29, 1.82) is 0 Å². The van der Waals surface area contributed by atoms with E-state index in [2.05, 4.69) is 27.7 Å². The molecule has 0 radical (unpaired) electrons. The van der Waals surface area contributed by atoms with Crippen LogP contribution >= 0.6 is 0 Å². The molecule has 1 heterocycles. The Hall–Kier alpha value is -0.530. The van der Waals surface area contributed by atoms with E-state index in [9.17, 15) is 4.79 Å². The molecule has 1 rings (SSSR count). The summed E-state index contributed by atoms with van der Waals surface area (Å²) < 4.78 is 0. The van der Waals surface area contributed by atoms with Gasteiger partial charge in [0.15, 0.2) is 0 Å². The Bertz CT molecular complexity index is 202. The Kier molecular flexibility index (Phi) is 2.44. The van der Waals surface area contributed by atoms with Gasteiger partial charge in [0.05, 0.1) is 0 Å². The highest BCUT2D eigenvalue weighted by Crippen LogP contribution is 2.37. The molecule has 0 unspecified atom stereocenters. The first-order valence-electron chi connectivity index (χ1n) is 5.08. The van der Waals surface area contributed by atoms with Crippen LogP contribution in [0.4, 0.5) is 0 Å². The minimum absolute atomic E-state index is 0.0353. The number of carbonyl (C=O) groups excluding carboxylic acids is 1. The normalized spacial score (nSPS) is 25.8. The van der Waals surface area contributed by atoms with Gasteiger partial charge in [0.2, 0.25) is 5.91 Å². The lowest BCUT2D eigenvalue weighted by Gasteiger charge is -2.52. The Morgan fingerprint density at radius 2 is 1.46 bits per heavy atom. The highest BCUT2D eigenvalue weighted by atomic mass is 16.2. The van der Waals surface area contributed by atoms with Gasteiger partial charge in [-0.2, -0.15) is 0 Å². The summed E-state index contributed by atoms with van der Waals surface area (Å²) in [5.74, 6) is 0.203. The minimum Gasteiger partial charge on any atom is -0.333 e. The Labute approximate surface area is 81.3 Å². The van der Waals surface area contributed by atoms with Gasteiger partial charge in [0.1, 0.15) is 0 Å². The first-order valence-corrected chi connectivity index (χ1v) is 5.08. The van der Waals surface area contributed by atoms with E-state index in [4.69, 9.17) is 0 Å². The van der Waals surface area contributed by atoms with Crippen LogP contribution in [0, 0.1) is 0 Å². The standard InChI is InChI=1S/C11H21NO/c1-9(13)12-10(2,3)7-6-8-11(12,4)5/h6-8H2,1-5H3. The molecule has 0 aliphatic carbocycles. The third-order valence-corrected chi connectivity index (χ3v) is 3.10. The topological polar surface area (TPSA) is 20.3 Å². The number of hydrogen-bond donors (Lipinski definition) is 0. The number of likely N-dealkylation sites (tertiary alicyclic amines) is 1. The van der Waals surface area contributed by atoms with Gasteiger partial charge in [-0.1, -0.05) is 0 Å². The third-order valence-electron chi connectivity index (χ3n) is 3.10. The fourth-order valence-corrected chi connectivity index (χ4v) is 2.85. The van der Waals surface area contributed by atoms with Crippen molar-refractivity contribution in [3.8, 4) is 0 Å². The molecule has 1 amide bonds. The summed E-state index contributed by atoms with van der Waals surface area (Å²) in [6, 6.07) is 0. The van der Waals surface area contributed by atoms with Crippen molar-refractivity contribution < 1.29 is 4.79 Å². The summed E-state index contributed by atoms with van der Waals surface area (Å²) in [7, 11) is 0. The first-order chi connectivity index (χ1) is 5.77. The van der Waals surface area contributed by atoms with Crippen molar-refractivity contribution in [2.45, 2.75) is 65.0 Å². The molecule has 2 nitrogen and oxygen atoms in total. The van der Waals surface area contributed by atoms with Gasteiger partial charge in [0.25, 0.3) is 0 Å². The number of amides is 1. The molecular formula is C11H21NO.